The molecular weight excluding hydrogens is 238 g/mol. The number of halogens is 1. The van der Waals surface area contributed by atoms with Gasteiger partial charge in [0.1, 0.15) is 12.4 Å². The summed E-state index contributed by atoms with van der Waals surface area (Å²) in [5.74, 6) is 1.41. The Morgan fingerprint density at radius 2 is 2.18 bits per heavy atom. The van der Waals surface area contributed by atoms with Gasteiger partial charge in [-0.05, 0) is 25.0 Å². The highest BCUT2D eigenvalue weighted by molar-refractivity contribution is 6.17. The smallest absolute Gasteiger partial charge is 0.220 e. The molecule has 1 rings (SSSR count). The molecule has 94 valence electrons. The molecule has 4 heteroatoms. The Labute approximate surface area is 107 Å². The summed E-state index contributed by atoms with van der Waals surface area (Å²) in [6.45, 7) is 3.00. The zero-order chi connectivity index (χ0) is 12.5. The normalized spacial score (nSPS) is 10.0. The molecule has 0 aromatic heterocycles. The van der Waals surface area contributed by atoms with Crippen molar-refractivity contribution in [2.24, 2.45) is 0 Å². The maximum absolute atomic E-state index is 11.3. The van der Waals surface area contributed by atoms with Gasteiger partial charge in [-0.25, -0.2) is 0 Å². The van der Waals surface area contributed by atoms with Crippen molar-refractivity contribution in [2.75, 3.05) is 19.0 Å². The summed E-state index contributed by atoms with van der Waals surface area (Å²) in [6, 6.07) is 7.82. The van der Waals surface area contributed by atoms with Crippen molar-refractivity contribution in [3.05, 3.63) is 29.8 Å². The molecule has 0 aliphatic carbocycles. The quantitative estimate of drug-likeness (QED) is 0.601. The van der Waals surface area contributed by atoms with Crippen LogP contribution in [-0.4, -0.2) is 24.9 Å². The summed E-state index contributed by atoms with van der Waals surface area (Å²) in [4.78, 5) is 11.3. The molecule has 0 heterocycles. The van der Waals surface area contributed by atoms with Crippen LogP contribution in [0.25, 0.3) is 0 Å². The monoisotopic (exact) mass is 255 g/mol. The molecule has 0 spiro atoms. The summed E-state index contributed by atoms with van der Waals surface area (Å²) >= 11 is 5.50. The van der Waals surface area contributed by atoms with Crippen LogP contribution in [0.2, 0.25) is 0 Å². The van der Waals surface area contributed by atoms with Gasteiger partial charge in [-0.1, -0.05) is 18.2 Å². The number of rotatable bonds is 7. The maximum Gasteiger partial charge on any atom is 0.220 e. The van der Waals surface area contributed by atoms with E-state index in [1.165, 1.54) is 0 Å². The minimum atomic E-state index is 0.0269. The average molecular weight is 256 g/mol. The van der Waals surface area contributed by atoms with Crippen LogP contribution in [0.15, 0.2) is 24.3 Å². The third kappa shape index (κ3) is 5.59. The second-order valence-corrected chi connectivity index (χ2v) is 4.13. The van der Waals surface area contributed by atoms with E-state index >= 15 is 0 Å². The summed E-state index contributed by atoms with van der Waals surface area (Å²) in [5, 5.41) is 2.78. The highest BCUT2D eigenvalue weighted by Crippen LogP contribution is 2.15. The number of carbonyl (C=O) groups excluding carboxylic acids is 1. The van der Waals surface area contributed by atoms with Gasteiger partial charge in [-0.3, -0.25) is 4.79 Å². The van der Waals surface area contributed by atoms with E-state index in [1.807, 2.05) is 31.2 Å². The molecule has 0 radical (unpaired) electrons. The Bertz CT molecular complexity index is 355. The van der Waals surface area contributed by atoms with Crippen molar-refractivity contribution in [3.63, 3.8) is 0 Å². The number of aryl methyl sites for hydroxylation is 1. The first-order valence-electron chi connectivity index (χ1n) is 5.75. The molecule has 0 atom stereocenters. The predicted octanol–water partition coefficient (Wildman–Crippen LogP) is 2.51. The number of carbonyl (C=O) groups is 1. The fraction of sp³-hybridized carbons (Fsp3) is 0.462. The van der Waals surface area contributed by atoms with E-state index in [2.05, 4.69) is 5.32 Å². The molecule has 0 aliphatic rings. The third-order valence-electron chi connectivity index (χ3n) is 2.31. The summed E-state index contributed by atoms with van der Waals surface area (Å²) < 4.78 is 5.55. The van der Waals surface area contributed by atoms with Gasteiger partial charge < -0.3 is 10.1 Å². The van der Waals surface area contributed by atoms with Gasteiger partial charge in [0, 0.05) is 12.3 Å². The zero-order valence-electron chi connectivity index (χ0n) is 10.0. The van der Waals surface area contributed by atoms with E-state index < -0.39 is 0 Å². The Hall–Kier alpha value is -1.22. The molecule has 0 fully saturated rings. The molecule has 1 aromatic rings. The van der Waals surface area contributed by atoms with Crippen LogP contribution in [0.3, 0.4) is 0 Å². The van der Waals surface area contributed by atoms with Gasteiger partial charge >= 0.3 is 0 Å². The van der Waals surface area contributed by atoms with E-state index in [-0.39, 0.29) is 5.91 Å². The van der Waals surface area contributed by atoms with Crippen LogP contribution < -0.4 is 10.1 Å². The van der Waals surface area contributed by atoms with Crippen molar-refractivity contribution in [2.45, 2.75) is 19.8 Å². The first-order chi connectivity index (χ1) is 8.24. The lowest BCUT2D eigenvalue weighted by atomic mass is 10.2. The summed E-state index contributed by atoms with van der Waals surface area (Å²) in [5.41, 5.74) is 1.10. The van der Waals surface area contributed by atoms with Crippen molar-refractivity contribution >= 4 is 17.5 Å². The number of para-hydroxylation sites is 1. The lowest BCUT2D eigenvalue weighted by molar-refractivity contribution is -0.121. The van der Waals surface area contributed by atoms with Crippen molar-refractivity contribution in [1.82, 2.24) is 5.32 Å². The number of nitrogens with one attached hydrogen (secondary N) is 1. The van der Waals surface area contributed by atoms with Crippen molar-refractivity contribution in [3.8, 4) is 5.75 Å². The minimum absolute atomic E-state index is 0.0269. The van der Waals surface area contributed by atoms with Crippen LogP contribution in [0.1, 0.15) is 18.4 Å². The van der Waals surface area contributed by atoms with E-state index in [0.29, 0.717) is 31.9 Å². The standard InChI is InChI=1S/C13H18ClNO2/c1-11-5-2-3-6-12(11)17-10-9-15-13(16)7-4-8-14/h2-3,5-6H,4,7-10H2,1H3,(H,15,16). The number of amides is 1. The molecule has 0 saturated heterocycles. The number of ether oxygens (including phenoxy) is 1. The van der Waals surface area contributed by atoms with Gasteiger partial charge in [-0.15, -0.1) is 11.6 Å². The highest BCUT2D eigenvalue weighted by atomic mass is 35.5. The molecule has 0 bridgehead atoms. The van der Waals surface area contributed by atoms with E-state index in [4.69, 9.17) is 16.3 Å². The Morgan fingerprint density at radius 1 is 1.41 bits per heavy atom. The Morgan fingerprint density at radius 3 is 2.88 bits per heavy atom. The SMILES string of the molecule is Cc1ccccc1OCCNC(=O)CCCCl. The molecule has 1 aromatic carbocycles. The molecule has 3 nitrogen and oxygen atoms in total. The molecule has 0 saturated carbocycles. The van der Waals surface area contributed by atoms with Gasteiger partial charge in [-0.2, -0.15) is 0 Å². The lowest BCUT2D eigenvalue weighted by Gasteiger charge is -2.09. The second-order valence-electron chi connectivity index (χ2n) is 3.76. The summed E-state index contributed by atoms with van der Waals surface area (Å²) in [7, 11) is 0. The Balaban J connectivity index is 2.16. The summed E-state index contributed by atoms with van der Waals surface area (Å²) in [6.07, 6.45) is 1.19. The van der Waals surface area contributed by atoms with Gasteiger partial charge in [0.05, 0.1) is 6.54 Å². The van der Waals surface area contributed by atoms with Crippen LogP contribution in [0.5, 0.6) is 5.75 Å². The molecule has 0 unspecified atom stereocenters. The van der Waals surface area contributed by atoms with E-state index in [1.54, 1.807) is 0 Å². The maximum atomic E-state index is 11.3. The van der Waals surface area contributed by atoms with Gasteiger partial charge in [0.25, 0.3) is 0 Å². The number of hydrogen-bond donors (Lipinski definition) is 1. The van der Waals surface area contributed by atoms with Gasteiger partial charge in [0.15, 0.2) is 0 Å². The highest BCUT2D eigenvalue weighted by Gasteiger charge is 2.00. The average Bonchev–Trinajstić information content (AvgIpc) is 2.34. The largest absolute Gasteiger partial charge is 0.491 e. The van der Waals surface area contributed by atoms with Crippen molar-refractivity contribution < 1.29 is 9.53 Å². The molecule has 17 heavy (non-hydrogen) atoms. The Kier molecular flexibility index (Phi) is 6.48. The topological polar surface area (TPSA) is 38.3 Å². The van der Waals surface area contributed by atoms with E-state index in [9.17, 15) is 4.79 Å². The zero-order valence-corrected chi connectivity index (χ0v) is 10.8. The molecule has 1 N–H and O–H groups in total. The fourth-order valence-corrected chi connectivity index (χ4v) is 1.52. The molecule has 1 amide bonds. The lowest BCUT2D eigenvalue weighted by Crippen LogP contribution is -2.27. The predicted molar refractivity (Wildman–Crippen MR) is 69.6 cm³/mol. The fourth-order valence-electron chi connectivity index (χ4n) is 1.39. The molecule has 0 aliphatic heterocycles. The number of hydrogen-bond acceptors (Lipinski definition) is 2. The van der Waals surface area contributed by atoms with Crippen LogP contribution in [-0.2, 0) is 4.79 Å². The third-order valence-corrected chi connectivity index (χ3v) is 2.58. The number of benzene rings is 1. The van der Waals surface area contributed by atoms with Crippen LogP contribution in [0, 0.1) is 6.92 Å². The first kappa shape index (κ1) is 13.8. The first-order valence-corrected chi connectivity index (χ1v) is 6.28. The minimum Gasteiger partial charge on any atom is -0.491 e. The van der Waals surface area contributed by atoms with E-state index in [0.717, 1.165) is 11.3 Å². The van der Waals surface area contributed by atoms with Crippen molar-refractivity contribution in [1.29, 1.82) is 0 Å². The van der Waals surface area contributed by atoms with Crippen LogP contribution >= 0.6 is 11.6 Å². The number of alkyl halides is 1. The second kappa shape index (κ2) is 7.96. The van der Waals surface area contributed by atoms with Gasteiger partial charge in [0.2, 0.25) is 5.91 Å². The van der Waals surface area contributed by atoms with Crippen LogP contribution in [0.4, 0.5) is 0 Å². The molecular formula is C13H18ClNO2.